The van der Waals surface area contributed by atoms with Gasteiger partial charge in [-0.05, 0) is 38.1 Å². The van der Waals surface area contributed by atoms with Crippen LogP contribution in [0.5, 0.6) is 0 Å². The quantitative estimate of drug-likeness (QED) is 0.851. The Morgan fingerprint density at radius 1 is 1.29 bits per heavy atom. The third kappa shape index (κ3) is 2.66. The van der Waals surface area contributed by atoms with Crippen LogP contribution in [-0.4, -0.2) is 39.9 Å². The van der Waals surface area contributed by atoms with Gasteiger partial charge in [-0.1, -0.05) is 0 Å². The van der Waals surface area contributed by atoms with Crippen LogP contribution < -0.4 is 0 Å². The van der Waals surface area contributed by atoms with Crippen molar-refractivity contribution in [2.24, 2.45) is 5.92 Å². The monoisotopic (exact) mass is 237 g/mol. The van der Waals surface area contributed by atoms with E-state index >= 15 is 0 Å². The third-order valence-electron chi connectivity index (χ3n) is 3.63. The van der Waals surface area contributed by atoms with Gasteiger partial charge < -0.3 is 9.52 Å². The summed E-state index contributed by atoms with van der Waals surface area (Å²) in [5, 5.41) is 17.4. The summed E-state index contributed by atoms with van der Waals surface area (Å²) < 4.78 is 5.65. The summed E-state index contributed by atoms with van der Waals surface area (Å²) in [4.78, 5) is 2.30. The van der Waals surface area contributed by atoms with E-state index in [1.54, 1.807) is 0 Å². The van der Waals surface area contributed by atoms with Crippen molar-refractivity contribution in [3.8, 4) is 0 Å². The second kappa shape index (κ2) is 4.74. The maximum absolute atomic E-state index is 9.18. The van der Waals surface area contributed by atoms with E-state index in [9.17, 15) is 5.11 Å². The van der Waals surface area contributed by atoms with E-state index in [2.05, 4.69) is 15.1 Å². The average Bonchev–Trinajstić information content (AvgIpc) is 3.11. The summed E-state index contributed by atoms with van der Waals surface area (Å²) >= 11 is 0. The topological polar surface area (TPSA) is 62.4 Å². The lowest BCUT2D eigenvalue weighted by Crippen LogP contribution is -2.36. The average molecular weight is 237 g/mol. The molecule has 5 heteroatoms. The molecule has 17 heavy (non-hydrogen) atoms. The minimum absolute atomic E-state index is 0.285. The van der Waals surface area contributed by atoms with Crippen molar-refractivity contribution in [1.82, 2.24) is 15.1 Å². The zero-order chi connectivity index (χ0) is 11.7. The molecular formula is C12H19N3O2. The number of nitrogens with zero attached hydrogens (tertiary/aromatic N) is 3. The van der Waals surface area contributed by atoms with Crippen molar-refractivity contribution in [1.29, 1.82) is 0 Å². The Balaban J connectivity index is 1.57. The lowest BCUT2D eigenvalue weighted by Gasteiger charge is -2.30. The first kappa shape index (κ1) is 11.2. The molecule has 1 N–H and O–H groups in total. The summed E-state index contributed by atoms with van der Waals surface area (Å²) in [6.07, 6.45) is 4.66. The normalized spacial score (nSPS) is 26.3. The number of piperidine rings is 1. The van der Waals surface area contributed by atoms with Gasteiger partial charge in [0, 0.05) is 19.1 Å². The van der Waals surface area contributed by atoms with Gasteiger partial charge in [-0.2, -0.15) is 0 Å². The van der Waals surface area contributed by atoms with Crippen molar-refractivity contribution >= 4 is 0 Å². The molecule has 1 aliphatic heterocycles. The van der Waals surface area contributed by atoms with Crippen LogP contribution in [-0.2, 0) is 6.54 Å². The predicted molar refractivity (Wildman–Crippen MR) is 61.4 cm³/mol. The fourth-order valence-corrected chi connectivity index (χ4v) is 2.46. The highest BCUT2D eigenvalue weighted by molar-refractivity contribution is 5.00. The Morgan fingerprint density at radius 2 is 2.18 bits per heavy atom. The minimum atomic E-state index is 0.285. The van der Waals surface area contributed by atoms with E-state index in [0.717, 1.165) is 44.3 Å². The Hall–Kier alpha value is -0.940. The summed E-state index contributed by atoms with van der Waals surface area (Å²) in [6.45, 7) is 3.03. The molecule has 1 aromatic rings. The number of aliphatic hydroxyl groups is 1. The van der Waals surface area contributed by atoms with E-state index in [1.807, 2.05) is 0 Å². The molecule has 0 radical (unpaired) electrons. The zero-order valence-corrected chi connectivity index (χ0v) is 10.0. The standard InChI is InChI=1S/C12H19N3O2/c16-8-9-2-1-5-15(6-9)7-11-13-14-12(17-11)10-3-4-10/h9-10,16H,1-8H2. The van der Waals surface area contributed by atoms with Crippen molar-refractivity contribution in [3.05, 3.63) is 11.8 Å². The maximum atomic E-state index is 9.18. The van der Waals surface area contributed by atoms with Crippen LogP contribution in [0.2, 0.25) is 0 Å². The van der Waals surface area contributed by atoms with Crippen molar-refractivity contribution in [2.75, 3.05) is 19.7 Å². The zero-order valence-electron chi connectivity index (χ0n) is 10.0. The first-order valence-corrected chi connectivity index (χ1v) is 6.50. The number of hydrogen-bond donors (Lipinski definition) is 1. The van der Waals surface area contributed by atoms with Gasteiger partial charge in [-0.15, -0.1) is 10.2 Å². The number of rotatable bonds is 4. The molecular weight excluding hydrogens is 218 g/mol. The first-order valence-electron chi connectivity index (χ1n) is 6.50. The van der Waals surface area contributed by atoms with E-state index in [1.165, 1.54) is 12.8 Å². The Labute approximate surface area is 101 Å². The van der Waals surface area contributed by atoms with Gasteiger partial charge in [-0.25, -0.2) is 0 Å². The molecule has 0 bridgehead atoms. The van der Waals surface area contributed by atoms with Crippen molar-refractivity contribution in [2.45, 2.75) is 38.1 Å². The largest absolute Gasteiger partial charge is 0.424 e. The summed E-state index contributed by atoms with van der Waals surface area (Å²) in [7, 11) is 0. The van der Waals surface area contributed by atoms with Crippen molar-refractivity contribution in [3.63, 3.8) is 0 Å². The van der Waals surface area contributed by atoms with Gasteiger partial charge in [0.2, 0.25) is 11.8 Å². The molecule has 1 unspecified atom stereocenters. The van der Waals surface area contributed by atoms with Crippen LogP contribution in [0.1, 0.15) is 43.4 Å². The predicted octanol–water partition coefficient (Wildman–Crippen LogP) is 1.15. The molecule has 1 atom stereocenters. The highest BCUT2D eigenvalue weighted by Crippen LogP contribution is 2.39. The molecule has 2 fully saturated rings. The molecule has 1 aliphatic carbocycles. The van der Waals surface area contributed by atoms with Gasteiger partial charge in [0.05, 0.1) is 6.54 Å². The molecule has 2 heterocycles. The molecule has 0 spiro atoms. The SMILES string of the molecule is OCC1CCCN(Cc2nnc(C3CC3)o2)C1. The Bertz CT molecular complexity index is 376. The highest BCUT2D eigenvalue weighted by Gasteiger charge is 2.29. The van der Waals surface area contributed by atoms with Gasteiger partial charge >= 0.3 is 0 Å². The summed E-state index contributed by atoms with van der Waals surface area (Å²) in [5.74, 6) is 2.48. The Kier molecular flexibility index (Phi) is 3.11. The van der Waals surface area contributed by atoms with Gasteiger partial charge in [0.1, 0.15) is 0 Å². The second-order valence-electron chi connectivity index (χ2n) is 5.23. The van der Waals surface area contributed by atoms with Crippen LogP contribution in [0.4, 0.5) is 0 Å². The van der Waals surface area contributed by atoms with E-state index < -0.39 is 0 Å². The maximum Gasteiger partial charge on any atom is 0.230 e. The molecule has 3 rings (SSSR count). The highest BCUT2D eigenvalue weighted by atomic mass is 16.4. The lowest BCUT2D eigenvalue weighted by atomic mass is 9.99. The smallest absolute Gasteiger partial charge is 0.230 e. The van der Waals surface area contributed by atoms with Crippen LogP contribution in [0.3, 0.4) is 0 Å². The molecule has 5 nitrogen and oxygen atoms in total. The molecule has 1 aromatic heterocycles. The second-order valence-corrected chi connectivity index (χ2v) is 5.23. The minimum Gasteiger partial charge on any atom is -0.424 e. The van der Waals surface area contributed by atoms with Gasteiger partial charge in [-0.3, -0.25) is 4.90 Å². The van der Waals surface area contributed by atoms with E-state index in [4.69, 9.17) is 4.42 Å². The van der Waals surface area contributed by atoms with E-state index in [0.29, 0.717) is 11.8 Å². The molecule has 0 amide bonds. The molecule has 1 saturated heterocycles. The number of hydrogen-bond acceptors (Lipinski definition) is 5. The fourth-order valence-electron chi connectivity index (χ4n) is 2.46. The number of aliphatic hydroxyl groups excluding tert-OH is 1. The van der Waals surface area contributed by atoms with Gasteiger partial charge in [0.15, 0.2) is 0 Å². The Morgan fingerprint density at radius 3 is 2.94 bits per heavy atom. The molecule has 1 saturated carbocycles. The molecule has 2 aliphatic rings. The summed E-state index contributed by atoms with van der Waals surface area (Å²) in [5.41, 5.74) is 0. The summed E-state index contributed by atoms with van der Waals surface area (Å²) in [6, 6.07) is 0. The van der Waals surface area contributed by atoms with Gasteiger partial charge in [0.25, 0.3) is 0 Å². The van der Waals surface area contributed by atoms with Crippen LogP contribution in [0, 0.1) is 5.92 Å². The fraction of sp³-hybridized carbons (Fsp3) is 0.833. The lowest BCUT2D eigenvalue weighted by molar-refractivity contribution is 0.108. The molecule has 94 valence electrons. The van der Waals surface area contributed by atoms with E-state index in [-0.39, 0.29) is 6.61 Å². The van der Waals surface area contributed by atoms with Crippen LogP contribution in [0.15, 0.2) is 4.42 Å². The first-order chi connectivity index (χ1) is 8.35. The van der Waals surface area contributed by atoms with Crippen molar-refractivity contribution < 1.29 is 9.52 Å². The number of likely N-dealkylation sites (tertiary alicyclic amines) is 1. The third-order valence-corrected chi connectivity index (χ3v) is 3.63. The number of aromatic nitrogens is 2. The van der Waals surface area contributed by atoms with Crippen LogP contribution in [0.25, 0.3) is 0 Å². The van der Waals surface area contributed by atoms with Crippen LogP contribution >= 0.6 is 0 Å². The molecule has 0 aromatic carbocycles.